The van der Waals surface area contributed by atoms with Crippen LogP contribution in [-0.4, -0.2) is 41.0 Å². The smallest absolute Gasteiger partial charge is 0.311 e. The standard InChI is InChI=1S/C30H25ClN6O4/c1-36-10-8-23(9-11-36)41-29-14-26-24(13-27(29)37(38)39)30(21(16-33)17-34-26)35-22-6-7-28(25(31)12-22)40-18-20-4-2-19(15-32)3-5-20/h2-7,12-14,17,23H,8-11,18H2,1H3,(H,34,35). The number of benzene rings is 3. The molecule has 4 aromatic rings. The summed E-state index contributed by atoms with van der Waals surface area (Å²) in [4.78, 5) is 18.1. The van der Waals surface area contributed by atoms with E-state index in [4.69, 9.17) is 26.3 Å². The normalized spacial score (nSPS) is 13.8. The van der Waals surface area contributed by atoms with Gasteiger partial charge in [-0.15, -0.1) is 0 Å². The molecule has 5 rings (SSSR count). The third-order valence-corrected chi connectivity index (χ3v) is 7.20. The number of aromatic nitrogens is 1. The van der Waals surface area contributed by atoms with Gasteiger partial charge < -0.3 is 19.7 Å². The molecule has 0 saturated carbocycles. The van der Waals surface area contributed by atoms with Crippen LogP contribution in [0.1, 0.15) is 29.5 Å². The Balaban J connectivity index is 1.41. The Kier molecular flexibility index (Phi) is 8.16. The molecule has 1 aliphatic rings. The summed E-state index contributed by atoms with van der Waals surface area (Å²) in [7, 11) is 2.03. The van der Waals surface area contributed by atoms with E-state index >= 15 is 0 Å². The van der Waals surface area contributed by atoms with Crippen molar-refractivity contribution in [2.24, 2.45) is 0 Å². The summed E-state index contributed by atoms with van der Waals surface area (Å²) < 4.78 is 11.9. The van der Waals surface area contributed by atoms with Gasteiger partial charge in [0, 0.05) is 42.5 Å². The molecule has 206 valence electrons. The van der Waals surface area contributed by atoms with Crippen LogP contribution in [0.25, 0.3) is 10.9 Å². The Morgan fingerprint density at radius 2 is 1.85 bits per heavy atom. The molecule has 0 amide bonds. The molecule has 2 heterocycles. The van der Waals surface area contributed by atoms with E-state index in [2.05, 4.69) is 27.3 Å². The van der Waals surface area contributed by atoms with Crippen molar-refractivity contribution in [3.63, 3.8) is 0 Å². The molecule has 0 spiro atoms. The first-order chi connectivity index (χ1) is 19.8. The molecule has 41 heavy (non-hydrogen) atoms. The number of likely N-dealkylation sites (tertiary alicyclic amines) is 1. The predicted octanol–water partition coefficient (Wildman–Crippen LogP) is 6.34. The van der Waals surface area contributed by atoms with Crippen molar-refractivity contribution >= 4 is 39.6 Å². The van der Waals surface area contributed by atoms with Gasteiger partial charge in [0.25, 0.3) is 0 Å². The fraction of sp³-hybridized carbons (Fsp3) is 0.233. The van der Waals surface area contributed by atoms with Gasteiger partial charge in [-0.1, -0.05) is 23.7 Å². The molecule has 0 radical (unpaired) electrons. The van der Waals surface area contributed by atoms with E-state index in [1.54, 1.807) is 36.4 Å². The number of nitriles is 2. The number of pyridine rings is 1. The number of fused-ring (bicyclic) bond motifs is 1. The lowest BCUT2D eigenvalue weighted by Gasteiger charge is -2.29. The van der Waals surface area contributed by atoms with Crippen molar-refractivity contribution in [3.8, 4) is 23.6 Å². The van der Waals surface area contributed by atoms with Gasteiger partial charge >= 0.3 is 5.69 Å². The number of nitro benzene ring substituents is 1. The van der Waals surface area contributed by atoms with Gasteiger partial charge in [-0.25, -0.2) is 0 Å². The van der Waals surface area contributed by atoms with E-state index in [1.807, 2.05) is 19.2 Å². The lowest BCUT2D eigenvalue weighted by atomic mass is 10.1. The van der Waals surface area contributed by atoms with Crippen LogP contribution in [0.4, 0.5) is 17.1 Å². The number of nitro groups is 1. The second-order valence-electron chi connectivity index (χ2n) is 9.74. The molecule has 1 N–H and O–H groups in total. The molecule has 0 unspecified atom stereocenters. The van der Waals surface area contributed by atoms with E-state index < -0.39 is 4.92 Å². The first kappa shape index (κ1) is 27.7. The zero-order chi connectivity index (χ0) is 28.9. The Hall–Kier alpha value is -4.90. The number of anilines is 2. The summed E-state index contributed by atoms with van der Waals surface area (Å²) in [5.74, 6) is 0.611. The molecule has 0 bridgehead atoms. The van der Waals surface area contributed by atoms with Crippen molar-refractivity contribution in [2.75, 3.05) is 25.5 Å². The number of ether oxygens (including phenoxy) is 2. The molecule has 1 saturated heterocycles. The fourth-order valence-electron chi connectivity index (χ4n) is 4.62. The minimum absolute atomic E-state index is 0.127. The third kappa shape index (κ3) is 6.30. The van der Waals surface area contributed by atoms with Gasteiger partial charge in [-0.05, 0) is 55.8 Å². The largest absolute Gasteiger partial charge is 0.487 e. The average molecular weight is 569 g/mol. The van der Waals surface area contributed by atoms with Crippen LogP contribution < -0.4 is 14.8 Å². The van der Waals surface area contributed by atoms with Gasteiger partial charge in [0.2, 0.25) is 0 Å². The SMILES string of the molecule is CN1CCC(Oc2cc3ncc(C#N)c(Nc4ccc(OCc5ccc(C#N)cc5)c(Cl)c4)c3cc2[N+](=O)[O-])CC1. The highest BCUT2D eigenvalue weighted by Crippen LogP contribution is 2.39. The maximum atomic E-state index is 12.0. The molecule has 1 fully saturated rings. The van der Waals surface area contributed by atoms with Crippen LogP contribution in [0.3, 0.4) is 0 Å². The highest BCUT2D eigenvalue weighted by molar-refractivity contribution is 6.32. The zero-order valence-corrected chi connectivity index (χ0v) is 22.9. The summed E-state index contributed by atoms with van der Waals surface area (Å²) in [5, 5.41) is 34.7. The lowest BCUT2D eigenvalue weighted by Crippen LogP contribution is -2.35. The quantitative estimate of drug-likeness (QED) is 0.191. The van der Waals surface area contributed by atoms with Crippen LogP contribution in [0.15, 0.2) is 60.8 Å². The van der Waals surface area contributed by atoms with Gasteiger partial charge in [-0.3, -0.25) is 15.1 Å². The zero-order valence-electron chi connectivity index (χ0n) is 22.1. The van der Waals surface area contributed by atoms with Crippen LogP contribution in [0.5, 0.6) is 11.5 Å². The number of hydrogen-bond donors (Lipinski definition) is 1. The summed E-state index contributed by atoms with van der Waals surface area (Å²) in [6.45, 7) is 1.97. The van der Waals surface area contributed by atoms with Gasteiger partial charge in [0.05, 0.1) is 38.3 Å². The molecule has 1 aromatic heterocycles. The first-order valence-corrected chi connectivity index (χ1v) is 13.3. The summed E-state index contributed by atoms with van der Waals surface area (Å²) in [6.07, 6.45) is 2.84. The summed E-state index contributed by atoms with van der Waals surface area (Å²) in [6, 6.07) is 19.3. The van der Waals surface area contributed by atoms with Crippen LogP contribution >= 0.6 is 11.6 Å². The Labute approximate surface area is 241 Å². The van der Waals surface area contributed by atoms with Crippen LogP contribution in [-0.2, 0) is 6.61 Å². The summed E-state index contributed by atoms with van der Waals surface area (Å²) in [5.41, 5.74) is 2.84. The van der Waals surface area contributed by atoms with E-state index in [9.17, 15) is 15.4 Å². The lowest BCUT2D eigenvalue weighted by molar-refractivity contribution is -0.386. The predicted molar refractivity (Wildman–Crippen MR) is 154 cm³/mol. The van der Waals surface area contributed by atoms with E-state index in [1.165, 1.54) is 12.3 Å². The molecular formula is C30H25ClN6O4. The van der Waals surface area contributed by atoms with Crippen LogP contribution in [0, 0.1) is 32.8 Å². The minimum Gasteiger partial charge on any atom is -0.487 e. The average Bonchev–Trinajstić information content (AvgIpc) is 2.98. The second kappa shape index (κ2) is 12.1. The topological polar surface area (TPSA) is 137 Å². The molecule has 11 heteroatoms. The number of nitrogens with zero attached hydrogens (tertiary/aromatic N) is 5. The van der Waals surface area contributed by atoms with E-state index in [0.717, 1.165) is 31.5 Å². The Morgan fingerprint density at radius 3 is 2.51 bits per heavy atom. The maximum Gasteiger partial charge on any atom is 0.311 e. The molecule has 0 aliphatic carbocycles. The second-order valence-corrected chi connectivity index (χ2v) is 10.1. The third-order valence-electron chi connectivity index (χ3n) is 6.90. The molecule has 0 atom stereocenters. The number of nitrogens with one attached hydrogen (secondary N) is 1. The minimum atomic E-state index is -0.483. The van der Waals surface area contributed by atoms with Gasteiger partial charge in [-0.2, -0.15) is 10.5 Å². The van der Waals surface area contributed by atoms with Gasteiger partial charge in [0.15, 0.2) is 5.75 Å². The molecule has 1 aliphatic heterocycles. The molecular weight excluding hydrogens is 544 g/mol. The number of rotatable bonds is 8. The van der Waals surface area contributed by atoms with Crippen molar-refractivity contribution < 1.29 is 14.4 Å². The monoisotopic (exact) mass is 568 g/mol. The van der Waals surface area contributed by atoms with E-state index in [-0.39, 0.29) is 29.7 Å². The van der Waals surface area contributed by atoms with Crippen LogP contribution in [0.2, 0.25) is 5.02 Å². The molecule has 10 nitrogen and oxygen atoms in total. The van der Waals surface area contributed by atoms with E-state index in [0.29, 0.717) is 38.6 Å². The van der Waals surface area contributed by atoms with Gasteiger partial charge in [0.1, 0.15) is 24.5 Å². The first-order valence-electron chi connectivity index (χ1n) is 12.9. The number of piperidine rings is 1. The summed E-state index contributed by atoms with van der Waals surface area (Å²) >= 11 is 6.50. The fourth-order valence-corrected chi connectivity index (χ4v) is 4.86. The van der Waals surface area contributed by atoms with Crippen molar-refractivity contribution in [2.45, 2.75) is 25.6 Å². The Bertz CT molecular complexity index is 1690. The van der Waals surface area contributed by atoms with Crippen molar-refractivity contribution in [1.82, 2.24) is 9.88 Å². The number of halogens is 1. The highest BCUT2D eigenvalue weighted by atomic mass is 35.5. The Morgan fingerprint density at radius 1 is 1.10 bits per heavy atom. The van der Waals surface area contributed by atoms with Crippen molar-refractivity contribution in [1.29, 1.82) is 10.5 Å². The maximum absolute atomic E-state index is 12.0. The number of hydrogen-bond acceptors (Lipinski definition) is 9. The van der Waals surface area contributed by atoms with Crippen molar-refractivity contribution in [3.05, 3.63) is 92.6 Å². The molecule has 3 aromatic carbocycles. The highest BCUT2D eigenvalue weighted by Gasteiger charge is 2.25.